The minimum atomic E-state index is -0.443. The van der Waals surface area contributed by atoms with Crippen LogP contribution in [-0.4, -0.2) is 28.0 Å². The summed E-state index contributed by atoms with van der Waals surface area (Å²) < 4.78 is 0. The van der Waals surface area contributed by atoms with Crippen LogP contribution >= 0.6 is 0 Å². The van der Waals surface area contributed by atoms with E-state index in [-0.39, 0.29) is 11.5 Å². The lowest BCUT2D eigenvalue weighted by atomic mass is 10.2. The summed E-state index contributed by atoms with van der Waals surface area (Å²) in [5.41, 5.74) is -0.0734. The SMILES string of the molecule is CCNc1ncnc(NCCCC2CC2)c1[N+](=O)[O-]. The molecule has 0 atom stereocenters. The molecule has 1 saturated carbocycles. The Balaban J connectivity index is 2.00. The highest BCUT2D eigenvalue weighted by atomic mass is 16.6. The Bertz CT molecular complexity index is 448. The fourth-order valence-corrected chi connectivity index (χ4v) is 1.98. The van der Waals surface area contributed by atoms with Crippen LogP contribution < -0.4 is 10.6 Å². The molecule has 0 aromatic carbocycles. The van der Waals surface area contributed by atoms with Gasteiger partial charge in [-0.1, -0.05) is 12.8 Å². The molecule has 2 N–H and O–H groups in total. The predicted molar refractivity (Wildman–Crippen MR) is 73.3 cm³/mol. The number of nitrogens with one attached hydrogen (secondary N) is 2. The molecule has 1 aliphatic carbocycles. The molecule has 0 spiro atoms. The van der Waals surface area contributed by atoms with Crippen molar-refractivity contribution in [3.63, 3.8) is 0 Å². The largest absolute Gasteiger partial charge is 0.364 e. The summed E-state index contributed by atoms with van der Waals surface area (Å²) in [6.45, 7) is 3.16. The van der Waals surface area contributed by atoms with Gasteiger partial charge >= 0.3 is 5.69 Å². The molecule has 0 radical (unpaired) electrons. The fraction of sp³-hybridized carbons (Fsp3) is 0.667. The average Bonchev–Trinajstić information content (AvgIpc) is 3.19. The molecule has 1 aromatic rings. The van der Waals surface area contributed by atoms with Crippen LogP contribution in [0.25, 0.3) is 0 Å². The Morgan fingerprint density at radius 3 is 2.63 bits per heavy atom. The summed E-state index contributed by atoms with van der Waals surface area (Å²) in [5, 5.41) is 17.0. The summed E-state index contributed by atoms with van der Waals surface area (Å²) in [6.07, 6.45) is 6.21. The molecule has 19 heavy (non-hydrogen) atoms. The van der Waals surface area contributed by atoms with Gasteiger partial charge in [-0.05, 0) is 25.7 Å². The normalized spacial score (nSPS) is 14.2. The molecule has 7 nitrogen and oxygen atoms in total. The monoisotopic (exact) mass is 265 g/mol. The molecule has 1 aromatic heterocycles. The molecule has 1 aliphatic rings. The standard InChI is InChI=1S/C12H19N5O2/c1-2-13-11-10(17(18)19)12(16-8-15-11)14-7-3-4-9-5-6-9/h8-9H,2-7H2,1H3,(H2,13,14,15,16). The maximum atomic E-state index is 11.1. The smallest absolute Gasteiger partial charge is 0.353 e. The molecule has 0 saturated heterocycles. The molecule has 1 fully saturated rings. The van der Waals surface area contributed by atoms with E-state index in [4.69, 9.17) is 0 Å². The second kappa shape index (κ2) is 6.31. The van der Waals surface area contributed by atoms with Crippen molar-refractivity contribution in [2.24, 2.45) is 5.92 Å². The number of nitro groups is 1. The van der Waals surface area contributed by atoms with Gasteiger partial charge in [0.15, 0.2) is 0 Å². The van der Waals surface area contributed by atoms with Crippen LogP contribution in [0.15, 0.2) is 6.33 Å². The molecule has 0 amide bonds. The molecule has 7 heteroatoms. The van der Waals surface area contributed by atoms with E-state index in [9.17, 15) is 10.1 Å². The lowest BCUT2D eigenvalue weighted by Gasteiger charge is -2.08. The van der Waals surface area contributed by atoms with Gasteiger partial charge in [-0.25, -0.2) is 9.97 Å². The van der Waals surface area contributed by atoms with Crippen LogP contribution in [0.3, 0.4) is 0 Å². The van der Waals surface area contributed by atoms with E-state index in [0.29, 0.717) is 18.9 Å². The first-order valence-corrected chi connectivity index (χ1v) is 6.69. The van der Waals surface area contributed by atoms with Crippen LogP contribution in [0, 0.1) is 16.0 Å². The lowest BCUT2D eigenvalue weighted by Crippen LogP contribution is -2.10. The Hall–Kier alpha value is -1.92. The van der Waals surface area contributed by atoms with Crippen molar-refractivity contribution < 1.29 is 4.92 Å². The molecule has 2 rings (SSSR count). The van der Waals surface area contributed by atoms with Gasteiger partial charge in [0.1, 0.15) is 6.33 Å². The van der Waals surface area contributed by atoms with Crippen molar-refractivity contribution in [3.8, 4) is 0 Å². The van der Waals surface area contributed by atoms with Gasteiger partial charge in [0, 0.05) is 13.1 Å². The number of hydrogen-bond donors (Lipinski definition) is 2. The summed E-state index contributed by atoms with van der Waals surface area (Å²) >= 11 is 0. The number of nitrogens with zero attached hydrogens (tertiary/aromatic N) is 3. The summed E-state index contributed by atoms with van der Waals surface area (Å²) in [6, 6.07) is 0. The third-order valence-electron chi connectivity index (χ3n) is 3.13. The van der Waals surface area contributed by atoms with E-state index in [0.717, 1.165) is 12.3 Å². The van der Waals surface area contributed by atoms with Gasteiger partial charge in [-0.15, -0.1) is 0 Å². The Kier molecular flexibility index (Phi) is 4.48. The zero-order valence-electron chi connectivity index (χ0n) is 11.1. The highest BCUT2D eigenvalue weighted by Crippen LogP contribution is 2.33. The number of hydrogen-bond acceptors (Lipinski definition) is 6. The van der Waals surface area contributed by atoms with Crippen molar-refractivity contribution in [1.82, 2.24) is 9.97 Å². The first kappa shape index (κ1) is 13.5. The summed E-state index contributed by atoms with van der Waals surface area (Å²) in [5.74, 6) is 1.44. The Labute approximate surface area is 112 Å². The number of rotatable bonds is 8. The van der Waals surface area contributed by atoms with E-state index in [1.807, 2.05) is 6.92 Å². The number of aromatic nitrogens is 2. The van der Waals surface area contributed by atoms with Crippen LogP contribution in [0.5, 0.6) is 0 Å². The van der Waals surface area contributed by atoms with Crippen LogP contribution in [0.1, 0.15) is 32.6 Å². The van der Waals surface area contributed by atoms with E-state index in [1.165, 1.54) is 25.6 Å². The van der Waals surface area contributed by atoms with Crippen molar-refractivity contribution in [2.75, 3.05) is 23.7 Å². The van der Waals surface area contributed by atoms with Gasteiger partial charge in [0.25, 0.3) is 0 Å². The van der Waals surface area contributed by atoms with Gasteiger partial charge in [-0.3, -0.25) is 10.1 Å². The second-order valence-electron chi connectivity index (χ2n) is 4.72. The van der Waals surface area contributed by atoms with E-state index in [2.05, 4.69) is 20.6 Å². The van der Waals surface area contributed by atoms with Gasteiger partial charge in [0.2, 0.25) is 11.6 Å². The van der Waals surface area contributed by atoms with Crippen LogP contribution in [0.4, 0.5) is 17.3 Å². The molecule has 0 unspecified atom stereocenters. The third kappa shape index (κ3) is 3.77. The fourth-order valence-electron chi connectivity index (χ4n) is 1.98. The van der Waals surface area contributed by atoms with E-state index < -0.39 is 4.92 Å². The minimum absolute atomic E-state index is 0.0734. The molecular weight excluding hydrogens is 246 g/mol. The zero-order valence-corrected chi connectivity index (χ0v) is 11.1. The summed E-state index contributed by atoms with van der Waals surface area (Å²) in [7, 11) is 0. The minimum Gasteiger partial charge on any atom is -0.364 e. The molecule has 0 aliphatic heterocycles. The van der Waals surface area contributed by atoms with Gasteiger partial charge < -0.3 is 10.6 Å². The highest BCUT2D eigenvalue weighted by molar-refractivity contribution is 5.69. The quantitative estimate of drug-likeness (QED) is 0.426. The Morgan fingerprint density at radius 2 is 2.05 bits per heavy atom. The lowest BCUT2D eigenvalue weighted by molar-refractivity contribution is -0.383. The first-order chi connectivity index (χ1) is 9.22. The van der Waals surface area contributed by atoms with Crippen molar-refractivity contribution in [3.05, 3.63) is 16.4 Å². The maximum Gasteiger partial charge on any atom is 0.353 e. The topological polar surface area (TPSA) is 93.0 Å². The molecule has 104 valence electrons. The van der Waals surface area contributed by atoms with E-state index >= 15 is 0 Å². The zero-order chi connectivity index (χ0) is 13.7. The van der Waals surface area contributed by atoms with E-state index in [1.54, 1.807) is 0 Å². The first-order valence-electron chi connectivity index (χ1n) is 6.69. The van der Waals surface area contributed by atoms with Crippen LogP contribution in [-0.2, 0) is 0 Å². The molecule has 0 bridgehead atoms. The molecule has 1 heterocycles. The highest BCUT2D eigenvalue weighted by Gasteiger charge is 2.23. The molecular formula is C12H19N5O2. The number of anilines is 2. The predicted octanol–water partition coefficient (Wildman–Crippen LogP) is 2.42. The van der Waals surface area contributed by atoms with Crippen LogP contribution in [0.2, 0.25) is 0 Å². The summed E-state index contributed by atoms with van der Waals surface area (Å²) in [4.78, 5) is 18.6. The van der Waals surface area contributed by atoms with Crippen molar-refractivity contribution in [1.29, 1.82) is 0 Å². The van der Waals surface area contributed by atoms with Gasteiger partial charge in [-0.2, -0.15) is 0 Å². The van der Waals surface area contributed by atoms with Crippen molar-refractivity contribution in [2.45, 2.75) is 32.6 Å². The van der Waals surface area contributed by atoms with Gasteiger partial charge in [0.05, 0.1) is 4.92 Å². The maximum absolute atomic E-state index is 11.1. The van der Waals surface area contributed by atoms with Crippen molar-refractivity contribution >= 4 is 17.3 Å². The third-order valence-corrected chi connectivity index (χ3v) is 3.13. The Morgan fingerprint density at radius 1 is 1.37 bits per heavy atom. The second-order valence-corrected chi connectivity index (χ2v) is 4.72. The average molecular weight is 265 g/mol.